The van der Waals surface area contributed by atoms with Crippen LogP contribution in [0.5, 0.6) is 0 Å². The number of carboxylic acid groups (broad SMARTS) is 1. The lowest BCUT2D eigenvalue weighted by atomic mass is 10.2. The van der Waals surface area contributed by atoms with Gasteiger partial charge < -0.3 is 24.8 Å². The highest BCUT2D eigenvalue weighted by atomic mass is 16.5. The Bertz CT molecular complexity index is 359. The van der Waals surface area contributed by atoms with Crippen LogP contribution in [-0.2, 0) is 19.1 Å². The van der Waals surface area contributed by atoms with Gasteiger partial charge in [-0.1, -0.05) is 0 Å². The van der Waals surface area contributed by atoms with Gasteiger partial charge in [-0.15, -0.1) is 0 Å². The maximum Gasteiger partial charge on any atom is 0.326 e. The Morgan fingerprint density at radius 2 is 2.11 bits per heavy atom. The van der Waals surface area contributed by atoms with E-state index in [2.05, 4.69) is 10.1 Å². The first-order chi connectivity index (χ1) is 8.99. The molecule has 1 aliphatic rings. The molecule has 0 aromatic carbocycles. The number of carbonyl (C=O) groups excluding carboxylic acids is 2. The molecule has 2 atom stereocenters. The van der Waals surface area contributed by atoms with Gasteiger partial charge in [0.05, 0.1) is 12.7 Å². The van der Waals surface area contributed by atoms with Crippen LogP contribution < -0.4 is 5.32 Å². The number of nitrogens with one attached hydrogen (secondary N) is 1. The molecular weight excluding hydrogens is 256 g/mol. The van der Waals surface area contributed by atoms with Crippen molar-refractivity contribution in [3.8, 4) is 0 Å². The maximum atomic E-state index is 11.8. The topological polar surface area (TPSA) is 105 Å². The van der Waals surface area contributed by atoms with Crippen molar-refractivity contribution in [3.05, 3.63) is 0 Å². The van der Waals surface area contributed by atoms with Gasteiger partial charge in [-0.2, -0.15) is 0 Å². The van der Waals surface area contributed by atoms with Gasteiger partial charge >= 0.3 is 18.0 Å². The summed E-state index contributed by atoms with van der Waals surface area (Å²) in [7, 11) is 1.46. The zero-order chi connectivity index (χ0) is 14.4. The summed E-state index contributed by atoms with van der Waals surface area (Å²) in [4.78, 5) is 35.1. The molecule has 1 fully saturated rings. The van der Waals surface area contributed by atoms with E-state index in [0.29, 0.717) is 0 Å². The second kappa shape index (κ2) is 6.93. The van der Waals surface area contributed by atoms with E-state index >= 15 is 0 Å². The molecule has 8 heteroatoms. The van der Waals surface area contributed by atoms with Crippen LogP contribution in [0.25, 0.3) is 0 Å². The van der Waals surface area contributed by atoms with Gasteiger partial charge in [0, 0.05) is 20.1 Å². The zero-order valence-electron chi connectivity index (χ0n) is 10.9. The fourth-order valence-corrected chi connectivity index (χ4v) is 1.89. The summed E-state index contributed by atoms with van der Waals surface area (Å²) in [5.74, 6) is -1.66. The Balaban J connectivity index is 2.54. The van der Waals surface area contributed by atoms with E-state index < -0.39 is 24.0 Å². The molecule has 2 N–H and O–H groups in total. The monoisotopic (exact) mass is 274 g/mol. The average Bonchev–Trinajstić information content (AvgIpc) is 2.80. The number of urea groups is 1. The van der Waals surface area contributed by atoms with Gasteiger partial charge in [0.1, 0.15) is 12.6 Å². The van der Waals surface area contributed by atoms with Crippen LogP contribution in [-0.4, -0.2) is 66.9 Å². The molecule has 0 spiro atoms. The Labute approximate surface area is 110 Å². The molecule has 2 unspecified atom stereocenters. The summed E-state index contributed by atoms with van der Waals surface area (Å²) in [6.45, 7) is 1.78. The van der Waals surface area contributed by atoms with Crippen LogP contribution in [0.2, 0.25) is 0 Å². The quantitative estimate of drug-likeness (QED) is 0.651. The number of carboxylic acids is 1. The van der Waals surface area contributed by atoms with Crippen molar-refractivity contribution < 1.29 is 29.0 Å². The number of methoxy groups -OCH3 is 1. The second-order valence-electron chi connectivity index (χ2n) is 4.06. The van der Waals surface area contributed by atoms with E-state index in [9.17, 15) is 14.4 Å². The first kappa shape index (κ1) is 15.2. The molecule has 0 aromatic rings. The highest BCUT2D eigenvalue weighted by molar-refractivity contribution is 5.85. The number of ether oxygens (including phenoxy) is 2. The zero-order valence-corrected chi connectivity index (χ0v) is 10.9. The highest BCUT2D eigenvalue weighted by Crippen LogP contribution is 2.20. The molecule has 1 rings (SSSR count). The lowest BCUT2D eigenvalue weighted by Crippen LogP contribution is -2.47. The number of hydrogen-bond donors (Lipinski definition) is 2. The number of rotatable bonds is 5. The number of aliphatic carboxylic acids is 1. The van der Waals surface area contributed by atoms with Crippen molar-refractivity contribution >= 4 is 18.0 Å². The molecule has 0 bridgehead atoms. The molecule has 19 heavy (non-hydrogen) atoms. The predicted molar refractivity (Wildman–Crippen MR) is 63.6 cm³/mol. The fraction of sp³-hybridized carbons (Fsp3) is 0.727. The second-order valence-corrected chi connectivity index (χ2v) is 4.06. The van der Waals surface area contributed by atoms with E-state index in [0.717, 1.165) is 4.90 Å². The predicted octanol–water partition coefficient (Wildman–Crippen LogP) is -0.567. The summed E-state index contributed by atoms with van der Waals surface area (Å²) in [5, 5.41) is 11.4. The van der Waals surface area contributed by atoms with Crippen LogP contribution >= 0.6 is 0 Å². The number of hydrogen-bond acceptors (Lipinski definition) is 5. The van der Waals surface area contributed by atoms with Crippen LogP contribution in [0, 0.1) is 0 Å². The molecule has 1 heterocycles. The molecule has 1 aliphatic heterocycles. The number of nitrogens with zero attached hydrogens (tertiary/aromatic N) is 1. The molecular formula is C11H18N2O6. The Kier molecular flexibility index (Phi) is 5.56. The van der Waals surface area contributed by atoms with Crippen LogP contribution in [0.4, 0.5) is 4.79 Å². The minimum Gasteiger partial charge on any atom is -0.480 e. The van der Waals surface area contributed by atoms with Crippen molar-refractivity contribution in [1.82, 2.24) is 10.2 Å². The SMILES string of the molecule is CCOC(=O)CNC(=O)N1CC(OC)CC1C(=O)O. The van der Waals surface area contributed by atoms with Gasteiger partial charge in [-0.25, -0.2) is 9.59 Å². The van der Waals surface area contributed by atoms with Gasteiger partial charge in [-0.05, 0) is 6.92 Å². The van der Waals surface area contributed by atoms with E-state index in [4.69, 9.17) is 9.84 Å². The Morgan fingerprint density at radius 3 is 2.63 bits per heavy atom. The Hall–Kier alpha value is -1.83. The first-order valence-corrected chi connectivity index (χ1v) is 5.95. The van der Waals surface area contributed by atoms with E-state index in [1.807, 2.05) is 0 Å². The number of carbonyl (C=O) groups is 3. The molecule has 0 saturated carbocycles. The highest BCUT2D eigenvalue weighted by Gasteiger charge is 2.39. The van der Waals surface area contributed by atoms with E-state index in [-0.39, 0.29) is 32.2 Å². The molecule has 0 radical (unpaired) electrons. The molecule has 1 saturated heterocycles. The molecule has 0 aliphatic carbocycles. The van der Waals surface area contributed by atoms with Crippen molar-refractivity contribution in [2.24, 2.45) is 0 Å². The summed E-state index contributed by atoms with van der Waals surface area (Å²) in [5.41, 5.74) is 0. The lowest BCUT2D eigenvalue weighted by molar-refractivity contribution is -0.141. The summed E-state index contributed by atoms with van der Waals surface area (Å²) in [6.07, 6.45) is -0.0759. The number of likely N-dealkylation sites (tertiary alicyclic amines) is 1. The first-order valence-electron chi connectivity index (χ1n) is 5.95. The number of esters is 1. The van der Waals surface area contributed by atoms with Crippen molar-refractivity contribution in [1.29, 1.82) is 0 Å². The minimum atomic E-state index is -1.09. The van der Waals surface area contributed by atoms with Crippen LogP contribution in [0.1, 0.15) is 13.3 Å². The van der Waals surface area contributed by atoms with Crippen LogP contribution in [0.15, 0.2) is 0 Å². The van der Waals surface area contributed by atoms with Crippen molar-refractivity contribution in [2.75, 3.05) is 26.8 Å². The maximum absolute atomic E-state index is 11.8. The summed E-state index contributed by atoms with van der Waals surface area (Å²) in [6, 6.07) is -1.55. The molecule has 0 aromatic heterocycles. The normalized spacial score (nSPS) is 22.1. The standard InChI is InChI=1S/C11H18N2O6/c1-3-19-9(14)5-12-11(17)13-6-7(18-2)4-8(13)10(15)16/h7-8H,3-6H2,1-2H3,(H,12,17)(H,15,16). The van der Waals surface area contributed by atoms with Crippen LogP contribution in [0.3, 0.4) is 0 Å². The third kappa shape index (κ3) is 4.09. The smallest absolute Gasteiger partial charge is 0.326 e. The number of amides is 2. The summed E-state index contributed by atoms with van der Waals surface area (Å²) >= 11 is 0. The third-order valence-corrected chi connectivity index (χ3v) is 2.83. The molecule has 8 nitrogen and oxygen atoms in total. The average molecular weight is 274 g/mol. The fourth-order valence-electron chi connectivity index (χ4n) is 1.89. The van der Waals surface area contributed by atoms with Gasteiger partial charge in [0.25, 0.3) is 0 Å². The van der Waals surface area contributed by atoms with E-state index in [1.165, 1.54) is 7.11 Å². The minimum absolute atomic E-state index is 0.183. The third-order valence-electron chi connectivity index (χ3n) is 2.83. The van der Waals surface area contributed by atoms with Gasteiger partial charge in [0.15, 0.2) is 0 Å². The lowest BCUT2D eigenvalue weighted by Gasteiger charge is -2.21. The van der Waals surface area contributed by atoms with Gasteiger partial charge in [-0.3, -0.25) is 4.79 Å². The van der Waals surface area contributed by atoms with E-state index in [1.54, 1.807) is 6.92 Å². The summed E-state index contributed by atoms with van der Waals surface area (Å²) < 4.78 is 9.72. The molecule has 2 amide bonds. The van der Waals surface area contributed by atoms with Gasteiger partial charge in [0.2, 0.25) is 0 Å². The Morgan fingerprint density at radius 1 is 1.42 bits per heavy atom. The van der Waals surface area contributed by atoms with Crippen molar-refractivity contribution in [3.63, 3.8) is 0 Å². The molecule has 108 valence electrons. The largest absolute Gasteiger partial charge is 0.480 e. The van der Waals surface area contributed by atoms with Crippen molar-refractivity contribution in [2.45, 2.75) is 25.5 Å².